The second-order valence-corrected chi connectivity index (χ2v) is 13.1. The molecule has 1 aliphatic heterocycles. The van der Waals surface area contributed by atoms with E-state index >= 15 is 0 Å². The summed E-state index contributed by atoms with van der Waals surface area (Å²) in [5.41, 5.74) is 6.08. The molecule has 0 aromatic carbocycles. The third-order valence-corrected chi connectivity index (χ3v) is 10.0. The number of hydrogen-bond acceptors (Lipinski definition) is 5. The predicted molar refractivity (Wildman–Crippen MR) is 137 cm³/mol. The van der Waals surface area contributed by atoms with Gasteiger partial charge in [0.25, 0.3) is 0 Å². The quantitative estimate of drug-likeness (QED) is 0.428. The number of aliphatic imine (C=N–C) groups is 1. The molecule has 206 valence electrons. The van der Waals surface area contributed by atoms with Gasteiger partial charge in [-0.1, -0.05) is 19.8 Å². The number of ether oxygens (including phenoxy) is 1. The number of rotatable bonds is 7. The lowest BCUT2D eigenvalue weighted by atomic mass is 9.73. The fraction of sp³-hybridized carbons (Fsp3) is 0.964. The van der Waals surface area contributed by atoms with Gasteiger partial charge in [-0.05, 0) is 95.3 Å². The standard InChI is InChI=1S/C28H47F3N4O/c1-15-8-25-24(14-26(15)36-23-7-6-19(10-23)9-18-4-5-18)27(35-17(3)34-25)33-16(2)20-11-21(28(29,30)31)13-22(32)12-20/h15-16,18-27,33H,4-14,32H2,1-3H3,(H,34,35). The zero-order valence-electron chi connectivity index (χ0n) is 22.3. The largest absolute Gasteiger partial charge is 0.391 e. The van der Waals surface area contributed by atoms with Crippen LogP contribution in [0, 0.1) is 35.5 Å². The van der Waals surface area contributed by atoms with Crippen molar-refractivity contribution in [1.82, 2.24) is 10.6 Å². The van der Waals surface area contributed by atoms with Gasteiger partial charge >= 0.3 is 6.18 Å². The van der Waals surface area contributed by atoms with Gasteiger partial charge in [-0.25, -0.2) is 0 Å². The zero-order chi connectivity index (χ0) is 25.6. The highest BCUT2D eigenvalue weighted by Crippen LogP contribution is 2.44. The molecule has 0 aromatic rings. The van der Waals surface area contributed by atoms with Crippen LogP contribution in [0.3, 0.4) is 0 Å². The summed E-state index contributed by atoms with van der Waals surface area (Å²) < 4.78 is 47.3. The Bertz CT molecular complexity index is 787. The summed E-state index contributed by atoms with van der Waals surface area (Å²) in [5.74, 6) is 2.10. The summed E-state index contributed by atoms with van der Waals surface area (Å²) in [4.78, 5) is 4.92. The van der Waals surface area contributed by atoms with E-state index in [1.165, 1.54) is 38.5 Å². The first-order chi connectivity index (χ1) is 17.0. The number of nitrogens with two attached hydrogens (primary N) is 1. The first-order valence-electron chi connectivity index (χ1n) is 14.6. The molecule has 4 aliphatic carbocycles. The summed E-state index contributed by atoms with van der Waals surface area (Å²) in [6.45, 7) is 6.33. The highest BCUT2D eigenvalue weighted by Gasteiger charge is 2.47. The number of alkyl halides is 3. The van der Waals surface area contributed by atoms with Gasteiger partial charge in [0, 0.05) is 24.0 Å². The average molecular weight is 513 g/mol. The highest BCUT2D eigenvalue weighted by molar-refractivity contribution is 5.80. The van der Waals surface area contributed by atoms with E-state index in [2.05, 4.69) is 17.6 Å². The van der Waals surface area contributed by atoms with Crippen molar-refractivity contribution in [2.75, 3.05) is 0 Å². The number of halogens is 3. The fourth-order valence-electron chi connectivity index (χ4n) is 7.80. The van der Waals surface area contributed by atoms with E-state index < -0.39 is 18.1 Å². The van der Waals surface area contributed by atoms with Crippen LogP contribution in [0.2, 0.25) is 0 Å². The van der Waals surface area contributed by atoms with Crippen LogP contribution >= 0.6 is 0 Å². The molecule has 5 aliphatic rings. The van der Waals surface area contributed by atoms with Crippen LogP contribution in [0.4, 0.5) is 13.2 Å². The molecule has 8 heteroatoms. The lowest BCUT2D eigenvalue weighted by Crippen LogP contribution is -2.60. The monoisotopic (exact) mass is 512 g/mol. The molecule has 4 N–H and O–H groups in total. The lowest BCUT2D eigenvalue weighted by molar-refractivity contribution is -0.188. The molecule has 0 radical (unpaired) electrons. The highest BCUT2D eigenvalue weighted by atomic mass is 19.4. The van der Waals surface area contributed by atoms with Crippen LogP contribution in [-0.4, -0.2) is 48.5 Å². The average Bonchev–Trinajstić information content (AvgIpc) is 3.50. The molecule has 5 nitrogen and oxygen atoms in total. The molecule has 0 amide bonds. The van der Waals surface area contributed by atoms with Gasteiger partial charge in [0.15, 0.2) is 0 Å². The van der Waals surface area contributed by atoms with Crippen LogP contribution in [0.5, 0.6) is 0 Å². The smallest absolute Gasteiger partial charge is 0.375 e. The Balaban J connectivity index is 1.20. The van der Waals surface area contributed by atoms with Crippen molar-refractivity contribution in [3.05, 3.63) is 0 Å². The summed E-state index contributed by atoms with van der Waals surface area (Å²) in [6, 6.07) is -0.142. The number of amidine groups is 1. The molecular formula is C28H47F3N4O. The molecule has 0 spiro atoms. The third kappa shape index (κ3) is 6.40. The van der Waals surface area contributed by atoms with E-state index in [9.17, 15) is 13.2 Å². The zero-order valence-corrected chi connectivity index (χ0v) is 22.3. The SMILES string of the molecule is CC1=NC(NC(C)C2CC(N)CC(C(F)(F)F)C2)C2CC(OC3CCC(CC4CC4)C3)C(C)CC2N1. The lowest BCUT2D eigenvalue weighted by Gasteiger charge is -2.47. The van der Waals surface area contributed by atoms with Crippen molar-refractivity contribution in [3.8, 4) is 0 Å². The van der Waals surface area contributed by atoms with E-state index in [0.29, 0.717) is 24.5 Å². The van der Waals surface area contributed by atoms with Crippen molar-refractivity contribution < 1.29 is 17.9 Å². The second kappa shape index (κ2) is 10.7. The molecule has 0 bridgehead atoms. The minimum Gasteiger partial charge on any atom is -0.375 e. The minimum absolute atomic E-state index is 0.0433. The van der Waals surface area contributed by atoms with E-state index in [4.69, 9.17) is 15.5 Å². The molecule has 36 heavy (non-hydrogen) atoms. The Kier molecular flexibility index (Phi) is 7.96. The maximum absolute atomic E-state index is 13.5. The van der Waals surface area contributed by atoms with Gasteiger partial charge < -0.3 is 15.8 Å². The van der Waals surface area contributed by atoms with Gasteiger partial charge in [0.1, 0.15) is 6.17 Å². The maximum atomic E-state index is 13.5. The van der Waals surface area contributed by atoms with Crippen molar-refractivity contribution in [1.29, 1.82) is 0 Å². The summed E-state index contributed by atoms with van der Waals surface area (Å²) in [5, 5.41) is 7.27. The molecule has 1 heterocycles. The van der Waals surface area contributed by atoms with Gasteiger partial charge in [-0.2, -0.15) is 13.2 Å². The van der Waals surface area contributed by atoms with Crippen LogP contribution in [-0.2, 0) is 4.74 Å². The Labute approximate surface area is 215 Å². The fourth-order valence-corrected chi connectivity index (χ4v) is 7.80. The molecule has 5 rings (SSSR count). The van der Waals surface area contributed by atoms with Crippen molar-refractivity contribution >= 4 is 5.84 Å². The predicted octanol–water partition coefficient (Wildman–Crippen LogP) is 5.39. The molecule has 11 atom stereocenters. The summed E-state index contributed by atoms with van der Waals surface area (Å²) in [7, 11) is 0. The van der Waals surface area contributed by atoms with Crippen molar-refractivity contribution in [2.45, 2.75) is 134 Å². The Morgan fingerprint density at radius 1 is 1.06 bits per heavy atom. The van der Waals surface area contributed by atoms with Crippen LogP contribution in [0.1, 0.15) is 91.4 Å². The summed E-state index contributed by atoms with van der Waals surface area (Å²) >= 11 is 0. The first kappa shape index (κ1) is 26.7. The van der Waals surface area contributed by atoms with E-state index in [-0.39, 0.29) is 43.0 Å². The number of hydrogen-bond donors (Lipinski definition) is 3. The molecule has 0 saturated heterocycles. The van der Waals surface area contributed by atoms with Crippen molar-refractivity contribution in [2.24, 2.45) is 46.2 Å². The molecule has 4 fully saturated rings. The van der Waals surface area contributed by atoms with Crippen LogP contribution < -0.4 is 16.4 Å². The van der Waals surface area contributed by atoms with Gasteiger partial charge in [-0.3, -0.25) is 10.3 Å². The Hall–Kier alpha value is -0.860. The number of fused-ring (bicyclic) bond motifs is 1. The second-order valence-electron chi connectivity index (χ2n) is 13.1. The Morgan fingerprint density at radius 3 is 2.53 bits per heavy atom. The van der Waals surface area contributed by atoms with E-state index in [0.717, 1.165) is 30.5 Å². The van der Waals surface area contributed by atoms with E-state index in [1.54, 1.807) is 0 Å². The van der Waals surface area contributed by atoms with E-state index in [1.807, 2.05) is 13.8 Å². The normalized spacial score (nSPS) is 44.5. The minimum atomic E-state index is -4.17. The molecule has 11 unspecified atom stereocenters. The Morgan fingerprint density at radius 2 is 1.81 bits per heavy atom. The van der Waals surface area contributed by atoms with Gasteiger partial charge in [0.2, 0.25) is 0 Å². The maximum Gasteiger partial charge on any atom is 0.391 e. The van der Waals surface area contributed by atoms with Gasteiger partial charge in [-0.15, -0.1) is 0 Å². The molecular weight excluding hydrogens is 465 g/mol. The van der Waals surface area contributed by atoms with Crippen LogP contribution in [0.25, 0.3) is 0 Å². The first-order valence-corrected chi connectivity index (χ1v) is 14.6. The van der Waals surface area contributed by atoms with Gasteiger partial charge in [0.05, 0.1) is 24.0 Å². The van der Waals surface area contributed by atoms with Crippen LogP contribution in [0.15, 0.2) is 4.99 Å². The number of nitrogens with one attached hydrogen (secondary N) is 2. The molecule has 0 aromatic heterocycles. The topological polar surface area (TPSA) is 71.7 Å². The third-order valence-electron chi connectivity index (χ3n) is 10.0. The number of nitrogens with zero attached hydrogens (tertiary/aromatic N) is 1. The molecule has 4 saturated carbocycles. The van der Waals surface area contributed by atoms with Crippen molar-refractivity contribution in [3.63, 3.8) is 0 Å². The summed E-state index contributed by atoms with van der Waals surface area (Å²) in [6.07, 6.45) is 7.10.